The van der Waals surface area contributed by atoms with E-state index in [4.69, 9.17) is 21.1 Å². The van der Waals surface area contributed by atoms with Gasteiger partial charge in [-0.15, -0.1) is 0 Å². The molecular weight excluding hydrogens is 388 g/mol. The first kappa shape index (κ1) is 19.2. The minimum Gasteiger partial charge on any atom is -0.495 e. The molecule has 0 spiro atoms. The number of anilines is 2. The van der Waals surface area contributed by atoms with Crippen LogP contribution in [0, 0.1) is 6.92 Å². The van der Waals surface area contributed by atoms with Crippen LogP contribution < -0.4 is 19.7 Å². The number of amides is 1. The predicted octanol–water partition coefficient (Wildman–Crippen LogP) is 5.44. The molecule has 3 aromatic carbocycles. The van der Waals surface area contributed by atoms with Gasteiger partial charge in [0.25, 0.3) is 5.91 Å². The van der Waals surface area contributed by atoms with Gasteiger partial charge in [0, 0.05) is 22.9 Å². The Morgan fingerprint density at radius 3 is 2.38 bits per heavy atom. The number of aryl methyl sites for hydroxylation is 1. The van der Waals surface area contributed by atoms with Crippen LogP contribution >= 0.6 is 11.6 Å². The predicted molar refractivity (Wildman–Crippen MR) is 115 cm³/mol. The number of carbonyl (C=O) groups excluding carboxylic acids is 1. The van der Waals surface area contributed by atoms with Crippen LogP contribution in [-0.4, -0.2) is 20.1 Å². The van der Waals surface area contributed by atoms with Crippen molar-refractivity contribution in [2.75, 3.05) is 24.4 Å². The van der Waals surface area contributed by atoms with E-state index in [0.29, 0.717) is 27.8 Å². The lowest BCUT2D eigenvalue weighted by Gasteiger charge is -2.29. The number of fused-ring (bicyclic) bond motifs is 1. The number of halogens is 1. The zero-order valence-corrected chi connectivity index (χ0v) is 17.2. The second kappa shape index (κ2) is 7.68. The number of para-hydroxylation sites is 1. The molecule has 1 aliphatic rings. The van der Waals surface area contributed by atoms with Gasteiger partial charge in [-0.3, -0.25) is 9.69 Å². The van der Waals surface area contributed by atoms with Crippen LogP contribution in [0.5, 0.6) is 11.5 Å². The van der Waals surface area contributed by atoms with Crippen LogP contribution in [0.1, 0.15) is 27.7 Å². The zero-order chi connectivity index (χ0) is 20.5. The molecule has 0 radical (unpaired) electrons. The Kier molecular flexibility index (Phi) is 5.07. The molecule has 0 aromatic heterocycles. The molecule has 5 nitrogen and oxygen atoms in total. The molecule has 4 rings (SSSR count). The topological polar surface area (TPSA) is 50.8 Å². The number of hydrogen-bond acceptors (Lipinski definition) is 4. The number of ether oxygens (including phenoxy) is 2. The Bertz CT molecular complexity index is 1080. The average molecular weight is 409 g/mol. The van der Waals surface area contributed by atoms with E-state index in [9.17, 15) is 4.79 Å². The van der Waals surface area contributed by atoms with Crippen molar-refractivity contribution < 1.29 is 14.3 Å². The maximum Gasteiger partial charge on any atom is 0.260 e. The Morgan fingerprint density at radius 1 is 0.966 bits per heavy atom. The molecule has 1 aliphatic heterocycles. The smallest absolute Gasteiger partial charge is 0.260 e. The van der Waals surface area contributed by atoms with Crippen molar-refractivity contribution in [1.29, 1.82) is 0 Å². The van der Waals surface area contributed by atoms with Gasteiger partial charge in [-0.05, 0) is 30.7 Å². The lowest BCUT2D eigenvalue weighted by atomic mass is 10.1. The summed E-state index contributed by atoms with van der Waals surface area (Å²) < 4.78 is 10.8. The van der Waals surface area contributed by atoms with Crippen molar-refractivity contribution in [2.45, 2.75) is 13.1 Å². The molecule has 0 bridgehead atoms. The van der Waals surface area contributed by atoms with Crippen molar-refractivity contribution >= 4 is 28.9 Å². The molecular formula is C23H21ClN2O3. The molecule has 1 N–H and O–H groups in total. The fraction of sp³-hybridized carbons (Fsp3) is 0.174. The molecule has 148 valence electrons. The van der Waals surface area contributed by atoms with E-state index in [2.05, 4.69) is 5.32 Å². The second-order valence-corrected chi connectivity index (χ2v) is 7.19. The summed E-state index contributed by atoms with van der Waals surface area (Å²) in [6.07, 6.45) is -0.404. The highest BCUT2D eigenvalue weighted by Crippen LogP contribution is 2.42. The zero-order valence-electron chi connectivity index (χ0n) is 16.4. The van der Waals surface area contributed by atoms with Gasteiger partial charge in [0.2, 0.25) is 0 Å². The van der Waals surface area contributed by atoms with Gasteiger partial charge in [0.1, 0.15) is 17.7 Å². The van der Waals surface area contributed by atoms with Gasteiger partial charge in [-0.2, -0.15) is 0 Å². The standard InChI is InChI=1S/C23H21ClN2O3/c1-14-8-4-7-11-19(14)26-22(15-9-5-6-10-16(15)23(26)27)25-18-12-17(24)20(28-2)13-21(18)29-3/h4-13,22,25H,1-3H3/t22-/m0/s1. The number of nitrogens with one attached hydrogen (secondary N) is 1. The van der Waals surface area contributed by atoms with Crippen molar-refractivity contribution in [3.63, 3.8) is 0 Å². The van der Waals surface area contributed by atoms with Gasteiger partial charge in [0.15, 0.2) is 0 Å². The van der Waals surface area contributed by atoms with Crippen LogP contribution in [0.25, 0.3) is 0 Å². The van der Waals surface area contributed by atoms with Gasteiger partial charge in [-0.25, -0.2) is 0 Å². The normalized spacial score (nSPS) is 15.2. The van der Waals surface area contributed by atoms with Crippen LogP contribution in [-0.2, 0) is 0 Å². The molecule has 0 aliphatic carbocycles. The third kappa shape index (κ3) is 3.28. The molecule has 0 fully saturated rings. The van der Waals surface area contributed by atoms with E-state index >= 15 is 0 Å². The SMILES string of the molecule is COc1cc(OC)c(N[C@@H]2c3ccccc3C(=O)N2c2ccccc2C)cc1Cl. The molecule has 1 amide bonds. The van der Waals surface area contributed by atoms with Gasteiger partial charge in [-0.1, -0.05) is 48.0 Å². The highest BCUT2D eigenvalue weighted by molar-refractivity contribution is 6.32. The molecule has 1 heterocycles. The fourth-order valence-electron chi connectivity index (χ4n) is 3.66. The first-order valence-electron chi connectivity index (χ1n) is 9.21. The second-order valence-electron chi connectivity index (χ2n) is 6.78. The monoisotopic (exact) mass is 408 g/mol. The lowest BCUT2D eigenvalue weighted by molar-refractivity contribution is 0.0992. The third-order valence-electron chi connectivity index (χ3n) is 5.10. The van der Waals surface area contributed by atoms with Crippen LogP contribution in [0.4, 0.5) is 11.4 Å². The minimum atomic E-state index is -0.404. The Hall–Kier alpha value is -3.18. The van der Waals surface area contributed by atoms with E-state index in [1.807, 2.05) is 55.5 Å². The Balaban J connectivity index is 1.83. The van der Waals surface area contributed by atoms with Crippen molar-refractivity contribution in [1.82, 2.24) is 0 Å². The maximum absolute atomic E-state index is 13.3. The van der Waals surface area contributed by atoms with E-state index in [1.54, 1.807) is 31.3 Å². The van der Waals surface area contributed by atoms with E-state index in [-0.39, 0.29) is 5.91 Å². The number of carbonyl (C=O) groups is 1. The summed E-state index contributed by atoms with van der Waals surface area (Å²) in [4.78, 5) is 15.1. The van der Waals surface area contributed by atoms with Crippen molar-refractivity contribution in [3.8, 4) is 11.5 Å². The first-order chi connectivity index (χ1) is 14.0. The van der Waals surface area contributed by atoms with Gasteiger partial charge in [0.05, 0.1) is 24.9 Å². The largest absolute Gasteiger partial charge is 0.495 e. The molecule has 3 aromatic rings. The quantitative estimate of drug-likeness (QED) is 0.611. The Labute approximate surface area is 174 Å². The number of benzene rings is 3. The van der Waals surface area contributed by atoms with Gasteiger partial charge >= 0.3 is 0 Å². The first-order valence-corrected chi connectivity index (χ1v) is 9.59. The summed E-state index contributed by atoms with van der Waals surface area (Å²) in [5.74, 6) is 1.05. The van der Waals surface area contributed by atoms with Crippen LogP contribution in [0.2, 0.25) is 5.02 Å². The Morgan fingerprint density at radius 2 is 1.66 bits per heavy atom. The summed E-state index contributed by atoms with van der Waals surface area (Å²) in [6.45, 7) is 1.99. The number of hydrogen-bond donors (Lipinski definition) is 1. The molecule has 0 saturated carbocycles. The summed E-state index contributed by atoms with van der Waals surface area (Å²) in [7, 11) is 3.14. The van der Waals surface area contributed by atoms with E-state index in [0.717, 1.165) is 16.8 Å². The number of rotatable bonds is 5. The number of methoxy groups -OCH3 is 2. The molecule has 1 atom stereocenters. The maximum atomic E-state index is 13.3. The van der Waals surface area contributed by atoms with Crippen molar-refractivity contribution in [2.24, 2.45) is 0 Å². The van der Waals surface area contributed by atoms with Crippen LogP contribution in [0.15, 0.2) is 60.7 Å². The fourth-order valence-corrected chi connectivity index (χ4v) is 3.90. The molecule has 0 unspecified atom stereocenters. The van der Waals surface area contributed by atoms with Gasteiger partial charge < -0.3 is 14.8 Å². The summed E-state index contributed by atoms with van der Waals surface area (Å²) in [5.41, 5.74) is 4.11. The number of nitrogens with zero attached hydrogens (tertiary/aromatic N) is 1. The molecule has 29 heavy (non-hydrogen) atoms. The lowest BCUT2D eigenvalue weighted by Crippen LogP contribution is -2.32. The van der Waals surface area contributed by atoms with E-state index in [1.165, 1.54) is 0 Å². The van der Waals surface area contributed by atoms with E-state index < -0.39 is 6.17 Å². The van der Waals surface area contributed by atoms with Crippen LogP contribution in [0.3, 0.4) is 0 Å². The van der Waals surface area contributed by atoms with Crippen molar-refractivity contribution in [3.05, 3.63) is 82.4 Å². The highest BCUT2D eigenvalue weighted by Gasteiger charge is 2.38. The molecule has 0 saturated heterocycles. The highest BCUT2D eigenvalue weighted by atomic mass is 35.5. The average Bonchev–Trinajstić information content (AvgIpc) is 3.01. The summed E-state index contributed by atoms with van der Waals surface area (Å²) >= 11 is 6.35. The molecule has 6 heteroatoms. The minimum absolute atomic E-state index is 0.0500. The summed E-state index contributed by atoms with van der Waals surface area (Å²) in [5, 5.41) is 3.91. The third-order valence-corrected chi connectivity index (χ3v) is 5.40. The summed E-state index contributed by atoms with van der Waals surface area (Å²) in [6, 6.07) is 18.9.